The van der Waals surface area contributed by atoms with Gasteiger partial charge in [-0.3, -0.25) is 9.69 Å². The van der Waals surface area contributed by atoms with Gasteiger partial charge in [0.15, 0.2) is 0 Å². The first-order chi connectivity index (χ1) is 9.26. The van der Waals surface area contributed by atoms with Gasteiger partial charge in [0.25, 0.3) is 0 Å². The summed E-state index contributed by atoms with van der Waals surface area (Å²) in [4.78, 5) is 13.9. The van der Waals surface area contributed by atoms with Crippen LogP contribution < -0.4 is 11.1 Å². The average molecular weight is 263 g/mol. The first kappa shape index (κ1) is 15.7. The van der Waals surface area contributed by atoms with Crippen LogP contribution in [0.2, 0.25) is 0 Å². The van der Waals surface area contributed by atoms with Gasteiger partial charge < -0.3 is 11.1 Å². The number of rotatable bonds is 9. The summed E-state index contributed by atoms with van der Waals surface area (Å²) in [5, 5.41) is 2.94. The van der Waals surface area contributed by atoms with E-state index in [1.165, 1.54) is 5.56 Å². The second-order valence-electron chi connectivity index (χ2n) is 4.69. The molecule has 0 fully saturated rings. The van der Waals surface area contributed by atoms with Crippen LogP contribution >= 0.6 is 0 Å². The lowest BCUT2D eigenvalue weighted by atomic mass is 10.2. The quantitative estimate of drug-likeness (QED) is 0.661. The van der Waals surface area contributed by atoms with Crippen molar-refractivity contribution in [1.82, 2.24) is 10.2 Å². The Kier molecular flexibility index (Phi) is 7.86. The second-order valence-corrected chi connectivity index (χ2v) is 4.69. The molecule has 0 heterocycles. The maximum atomic E-state index is 11.8. The first-order valence-electron chi connectivity index (χ1n) is 6.99. The number of hydrogen-bond acceptors (Lipinski definition) is 3. The molecule has 0 bridgehead atoms. The highest BCUT2D eigenvalue weighted by Gasteiger charge is 2.10. The Bertz CT molecular complexity index is 354. The van der Waals surface area contributed by atoms with E-state index in [2.05, 4.69) is 29.3 Å². The third-order valence-electron chi connectivity index (χ3n) is 2.91. The molecule has 0 saturated heterocycles. The Balaban J connectivity index is 2.41. The molecule has 3 N–H and O–H groups in total. The summed E-state index contributed by atoms with van der Waals surface area (Å²) >= 11 is 0. The van der Waals surface area contributed by atoms with Gasteiger partial charge in [0, 0.05) is 26.2 Å². The molecule has 1 aromatic carbocycles. The minimum absolute atomic E-state index is 0.0813. The SMILES string of the molecule is CCCCNC(=O)CN(CCN)Cc1ccccc1. The number of carbonyl (C=O) groups is 1. The fourth-order valence-electron chi connectivity index (χ4n) is 1.90. The van der Waals surface area contributed by atoms with Crippen molar-refractivity contribution in [3.63, 3.8) is 0 Å². The molecule has 1 rings (SSSR count). The second kappa shape index (κ2) is 9.53. The van der Waals surface area contributed by atoms with E-state index in [9.17, 15) is 4.79 Å². The first-order valence-corrected chi connectivity index (χ1v) is 6.99. The molecule has 0 radical (unpaired) electrons. The fraction of sp³-hybridized carbons (Fsp3) is 0.533. The van der Waals surface area contributed by atoms with Gasteiger partial charge in [-0.1, -0.05) is 43.7 Å². The van der Waals surface area contributed by atoms with Crippen molar-refractivity contribution in [2.24, 2.45) is 5.73 Å². The van der Waals surface area contributed by atoms with E-state index in [0.717, 1.165) is 32.5 Å². The molecule has 0 aliphatic rings. The minimum atomic E-state index is 0.0813. The molecule has 0 atom stereocenters. The van der Waals surface area contributed by atoms with Gasteiger partial charge in [-0.2, -0.15) is 0 Å². The Morgan fingerprint density at radius 3 is 2.68 bits per heavy atom. The van der Waals surface area contributed by atoms with E-state index in [1.807, 2.05) is 18.2 Å². The maximum absolute atomic E-state index is 11.8. The van der Waals surface area contributed by atoms with E-state index < -0.39 is 0 Å². The summed E-state index contributed by atoms with van der Waals surface area (Å²) in [5.74, 6) is 0.0813. The van der Waals surface area contributed by atoms with Crippen molar-refractivity contribution in [1.29, 1.82) is 0 Å². The van der Waals surface area contributed by atoms with Crippen molar-refractivity contribution in [3.8, 4) is 0 Å². The third kappa shape index (κ3) is 6.94. The Morgan fingerprint density at radius 1 is 1.32 bits per heavy atom. The Labute approximate surface area is 116 Å². The van der Waals surface area contributed by atoms with Crippen molar-refractivity contribution in [2.45, 2.75) is 26.3 Å². The zero-order valence-electron chi connectivity index (χ0n) is 11.8. The monoisotopic (exact) mass is 263 g/mol. The van der Waals surface area contributed by atoms with Crippen molar-refractivity contribution in [2.75, 3.05) is 26.2 Å². The van der Waals surface area contributed by atoms with Gasteiger partial charge in [-0.05, 0) is 12.0 Å². The van der Waals surface area contributed by atoms with E-state index >= 15 is 0 Å². The zero-order valence-corrected chi connectivity index (χ0v) is 11.8. The minimum Gasteiger partial charge on any atom is -0.355 e. The van der Waals surface area contributed by atoms with E-state index in [-0.39, 0.29) is 5.91 Å². The fourth-order valence-corrected chi connectivity index (χ4v) is 1.90. The largest absolute Gasteiger partial charge is 0.355 e. The number of benzene rings is 1. The zero-order chi connectivity index (χ0) is 13.9. The van der Waals surface area contributed by atoms with Crippen molar-refractivity contribution < 1.29 is 4.79 Å². The van der Waals surface area contributed by atoms with Crippen LogP contribution in [-0.4, -0.2) is 37.0 Å². The van der Waals surface area contributed by atoms with Gasteiger partial charge in [-0.25, -0.2) is 0 Å². The molecule has 4 heteroatoms. The van der Waals surface area contributed by atoms with Crippen molar-refractivity contribution >= 4 is 5.91 Å². The molecule has 0 aliphatic carbocycles. The van der Waals surface area contributed by atoms with Crippen LogP contribution in [0.4, 0.5) is 0 Å². The number of carbonyl (C=O) groups excluding carboxylic acids is 1. The molecule has 0 unspecified atom stereocenters. The van der Waals surface area contributed by atoms with Crippen LogP contribution in [-0.2, 0) is 11.3 Å². The molecular formula is C15H25N3O. The predicted molar refractivity (Wildman–Crippen MR) is 78.7 cm³/mol. The summed E-state index contributed by atoms with van der Waals surface area (Å²) < 4.78 is 0. The summed E-state index contributed by atoms with van der Waals surface area (Å²) in [6.07, 6.45) is 2.12. The van der Waals surface area contributed by atoms with Gasteiger partial charge in [0.1, 0.15) is 0 Å². The Morgan fingerprint density at radius 2 is 2.05 bits per heavy atom. The number of nitrogens with one attached hydrogen (secondary N) is 1. The Hall–Kier alpha value is -1.39. The van der Waals surface area contributed by atoms with Crippen LogP contribution in [0.15, 0.2) is 30.3 Å². The summed E-state index contributed by atoms with van der Waals surface area (Å²) in [7, 11) is 0. The van der Waals surface area contributed by atoms with Gasteiger partial charge >= 0.3 is 0 Å². The molecule has 0 aliphatic heterocycles. The normalized spacial score (nSPS) is 10.7. The highest BCUT2D eigenvalue weighted by molar-refractivity contribution is 5.77. The standard InChI is InChI=1S/C15H25N3O/c1-2-3-10-17-15(19)13-18(11-9-16)12-14-7-5-4-6-8-14/h4-8H,2-3,9-13,16H2,1H3,(H,17,19). The molecule has 1 amide bonds. The van der Waals surface area contributed by atoms with Gasteiger partial charge in [0.05, 0.1) is 6.54 Å². The topological polar surface area (TPSA) is 58.4 Å². The summed E-state index contributed by atoms with van der Waals surface area (Å²) in [6, 6.07) is 10.2. The van der Waals surface area contributed by atoms with E-state index in [1.54, 1.807) is 0 Å². The number of hydrogen-bond donors (Lipinski definition) is 2. The lowest BCUT2D eigenvalue weighted by Crippen LogP contribution is -2.39. The van der Waals surface area contributed by atoms with Crippen LogP contribution in [0.25, 0.3) is 0 Å². The summed E-state index contributed by atoms with van der Waals surface area (Å²) in [5.41, 5.74) is 6.81. The number of amides is 1. The number of unbranched alkanes of at least 4 members (excludes halogenated alkanes) is 1. The van der Waals surface area contributed by atoms with E-state index in [0.29, 0.717) is 13.1 Å². The molecule has 106 valence electrons. The van der Waals surface area contributed by atoms with Crippen LogP contribution in [0.5, 0.6) is 0 Å². The smallest absolute Gasteiger partial charge is 0.234 e. The van der Waals surface area contributed by atoms with Crippen LogP contribution in [0.3, 0.4) is 0 Å². The number of nitrogens with two attached hydrogens (primary N) is 1. The highest BCUT2D eigenvalue weighted by atomic mass is 16.2. The highest BCUT2D eigenvalue weighted by Crippen LogP contribution is 2.03. The average Bonchev–Trinajstić information content (AvgIpc) is 2.40. The van der Waals surface area contributed by atoms with Crippen LogP contribution in [0, 0.1) is 0 Å². The van der Waals surface area contributed by atoms with Crippen LogP contribution in [0.1, 0.15) is 25.3 Å². The maximum Gasteiger partial charge on any atom is 0.234 e. The predicted octanol–water partition coefficient (Wildman–Crippen LogP) is 1.36. The molecule has 4 nitrogen and oxygen atoms in total. The van der Waals surface area contributed by atoms with Gasteiger partial charge in [-0.15, -0.1) is 0 Å². The molecule has 0 saturated carbocycles. The summed E-state index contributed by atoms with van der Waals surface area (Å²) in [6.45, 7) is 5.35. The lowest BCUT2D eigenvalue weighted by Gasteiger charge is -2.21. The molecule has 0 aromatic heterocycles. The van der Waals surface area contributed by atoms with E-state index in [4.69, 9.17) is 5.73 Å². The molecule has 0 spiro atoms. The third-order valence-corrected chi connectivity index (χ3v) is 2.91. The number of nitrogens with zero attached hydrogens (tertiary/aromatic N) is 1. The van der Waals surface area contributed by atoms with Crippen molar-refractivity contribution in [3.05, 3.63) is 35.9 Å². The molecule has 1 aromatic rings. The molecular weight excluding hydrogens is 238 g/mol. The molecule has 19 heavy (non-hydrogen) atoms. The lowest BCUT2D eigenvalue weighted by molar-refractivity contribution is -0.122. The van der Waals surface area contributed by atoms with Gasteiger partial charge in [0.2, 0.25) is 5.91 Å².